The lowest BCUT2D eigenvalue weighted by molar-refractivity contribution is -0.135. The first-order valence-electron chi connectivity index (χ1n) is 12.7. The highest BCUT2D eigenvalue weighted by molar-refractivity contribution is 14.1. The molecule has 2 aliphatic heterocycles. The molecule has 0 aromatic heterocycles. The summed E-state index contributed by atoms with van der Waals surface area (Å²) in [6.45, 7) is 9.01. The van der Waals surface area contributed by atoms with Gasteiger partial charge in [0.1, 0.15) is 30.3 Å². The first-order valence-corrected chi connectivity index (χ1v) is 13.7. The number of benzene rings is 2. The summed E-state index contributed by atoms with van der Waals surface area (Å²) in [4.78, 5) is 44.9. The summed E-state index contributed by atoms with van der Waals surface area (Å²) < 4.78 is 20.9. The van der Waals surface area contributed by atoms with Crippen molar-refractivity contribution in [2.45, 2.75) is 25.9 Å². The number of anilines is 1. The number of nitrogens with one attached hydrogen (secondary N) is 2. The number of hydrogen-bond donors (Lipinski definition) is 2. The number of nitrogens with zero attached hydrogens (tertiary/aromatic N) is 3. The highest BCUT2D eigenvalue weighted by atomic mass is 127. The van der Waals surface area contributed by atoms with Gasteiger partial charge in [0.2, 0.25) is 5.91 Å². The van der Waals surface area contributed by atoms with Gasteiger partial charge in [-0.25, -0.2) is 14.1 Å². The van der Waals surface area contributed by atoms with E-state index in [2.05, 4.69) is 27.5 Å². The number of ether oxygens (including phenoxy) is 1. The molecule has 4 amide bonds. The molecule has 0 aliphatic carbocycles. The Hall–Kier alpha value is -2.77. The van der Waals surface area contributed by atoms with Gasteiger partial charge in [0.05, 0.1) is 5.69 Å². The summed E-state index contributed by atoms with van der Waals surface area (Å²) in [6.07, 6.45) is 0. The Balaban J connectivity index is 1.39. The van der Waals surface area contributed by atoms with Crippen molar-refractivity contribution in [1.82, 2.24) is 20.0 Å². The number of carbonyl (C=O) groups is 3. The largest absolute Gasteiger partial charge is 0.492 e. The molecule has 204 valence electrons. The normalized spacial score (nSPS) is 19.5. The minimum atomic E-state index is -1.11. The molecule has 11 heteroatoms. The number of likely N-dealkylation sites (N-methyl/N-ethyl adjacent to an activating group) is 1. The fraction of sp³-hybridized carbons (Fsp3) is 0.444. The summed E-state index contributed by atoms with van der Waals surface area (Å²) >= 11 is 1.97. The Morgan fingerprint density at radius 2 is 1.82 bits per heavy atom. The van der Waals surface area contributed by atoms with Crippen molar-refractivity contribution in [1.29, 1.82) is 0 Å². The van der Waals surface area contributed by atoms with Crippen LogP contribution in [0.5, 0.6) is 5.75 Å². The molecular weight excluding hydrogens is 604 g/mol. The first kappa shape index (κ1) is 28.2. The van der Waals surface area contributed by atoms with Gasteiger partial charge in [0, 0.05) is 36.3 Å². The second kappa shape index (κ2) is 12.4. The number of imide groups is 1. The smallest absolute Gasteiger partial charge is 0.325 e. The van der Waals surface area contributed by atoms with Crippen molar-refractivity contribution in [3.8, 4) is 5.75 Å². The predicted octanol–water partition coefficient (Wildman–Crippen LogP) is 3.31. The monoisotopic (exact) mass is 637 g/mol. The lowest BCUT2D eigenvalue weighted by Crippen LogP contribution is -2.50. The van der Waals surface area contributed by atoms with Crippen LogP contribution in [0.25, 0.3) is 0 Å². The molecule has 2 fully saturated rings. The van der Waals surface area contributed by atoms with Gasteiger partial charge in [-0.2, -0.15) is 0 Å². The van der Waals surface area contributed by atoms with E-state index in [0.29, 0.717) is 21.5 Å². The maximum atomic E-state index is 14.3. The van der Waals surface area contributed by atoms with Crippen molar-refractivity contribution in [3.63, 3.8) is 0 Å². The average Bonchev–Trinajstić information content (AvgIpc) is 3.16. The van der Waals surface area contributed by atoms with Gasteiger partial charge in [-0.05, 0) is 71.5 Å². The molecule has 2 N–H and O–H groups in total. The molecule has 38 heavy (non-hydrogen) atoms. The van der Waals surface area contributed by atoms with E-state index in [4.69, 9.17) is 4.74 Å². The van der Waals surface area contributed by atoms with Crippen LogP contribution in [0.3, 0.4) is 0 Å². The zero-order valence-electron chi connectivity index (χ0n) is 21.7. The Kier molecular flexibility index (Phi) is 9.21. The second-order valence-electron chi connectivity index (χ2n) is 9.96. The van der Waals surface area contributed by atoms with Crippen molar-refractivity contribution in [3.05, 3.63) is 57.4 Å². The molecule has 0 unspecified atom stereocenters. The zero-order valence-corrected chi connectivity index (χ0v) is 23.9. The molecular formula is C27H33FIN5O4. The molecule has 2 atom stereocenters. The van der Waals surface area contributed by atoms with E-state index in [1.54, 1.807) is 44.2 Å². The molecule has 0 bridgehead atoms. The predicted molar refractivity (Wildman–Crippen MR) is 150 cm³/mol. The van der Waals surface area contributed by atoms with E-state index >= 15 is 0 Å². The van der Waals surface area contributed by atoms with Crippen LogP contribution in [0.2, 0.25) is 0 Å². The van der Waals surface area contributed by atoms with Gasteiger partial charge >= 0.3 is 6.03 Å². The van der Waals surface area contributed by atoms with Gasteiger partial charge in [0.25, 0.3) is 5.91 Å². The highest BCUT2D eigenvalue weighted by Gasteiger charge is 2.46. The summed E-state index contributed by atoms with van der Waals surface area (Å²) in [5, 5.41) is 5.21. The van der Waals surface area contributed by atoms with Gasteiger partial charge in [-0.3, -0.25) is 14.5 Å². The van der Waals surface area contributed by atoms with Gasteiger partial charge in [-0.15, -0.1) is 0 Å². The first-order chi connectivity index (χ1) is 18.1. The Morgan fingerprint density at radius 1 is 1.13 bits per heavy atom. The third kappa shape index (κ3) is 6.62. The topological polar surface area (TPSA) is 94.2 Å². The molecule has 0 radical (unpaired) electrons. The number of piperazine rings is 1. The van der Waals surface area contributed by atoms with Gasteiger partial charge in [0.15, 0.2) is 0 Å². The fourth-order valence-electron chi connectivity index (χ4n) is 4.62. The molecule has 2 aromatic rings. The zero-order chi connectivity index (χ0) is 27.4. The third-order valence-electron chi connectivity index (χ3n) is 6.82. The second-order valence-corrected chi connectivity index (χ2v) is 11.2. The van der Waals surface area contributed by atoms with Crippen molar-refractivity contribution in [2.24, 2.45) is 5.92 Å². The third-order valence-corrected chi connectivity index (χ3v) is 7.49. The van der Waals surface area contributed by atoms with E-state index in [1.165, 1.54) is 12.1 Å². The van der Waals surface area contributed by atoms with Crippen molar-refractivity contribution >= 4 is 46.1 Å². The number of halogens is 2. The number of hydrogen-bond acceptors (Lipinski definition) is 6. The quantitative estimate of drug-likeness (QED) is 0.324. The molecule has 9 nitrogen and oxygen atoms in total. The summed E-state index contributed by atoms with van der Waals surface area (Å²) in [5.41, 5.74) is 0.580. The standard InChI is InChI=1S/C27H33FIN5O4/c1-17(2)24(25(35)30-22-9-6-19(29)16-21(22)28)34-26(36)23(31-27(34)37)18-4-7-20(8-5-18)38-15-14-33-12-10-32(3)11-13-33/h4-9,16-17,23-24H,10-15H2,1-3H3,(H,30,35)(H,31,37)/t23-,24+/m1/s1. The van der Waals surface area contributed by atoms with Crippen LogP contribution in [0.1, 0.15) is 25.5 Å². The van der Waals surface area contributed by atoms with Crippen LogP contribution >= 0.6 is 22.6 Å². The molecule has 2 saturated heterocycles. The van der Waals surface area contributed by atoms with Crippen LogP contribution in [0.15, 0.2) is 42.5 Å². The number of carbonyl (C=O) groups excluding carboxylic acids is 3. The Bertz CT molecular complexity index is 1170. The molecule has 2 aromatic carbocycles. The molecule has 2 aliphatic rings. The van der Waals surface area contributed by atoms with E-state index in [1.807, 2.05) is 22.6 Å². The van der Waals surface area contributed by atoms with E-state index < -0.39 is 41.7 Å². The summed E-state index contributed by atoms with van der Waals surface area (Å²) in [5.74, 6) is -1.47. The molecule has 4 rings (SSSR count). The number of amides is 4. The minimum Gasteiger partial charge on any atom is -0.492 e. The molecule has 2 heterocycles. The maximum Gasteiger partial charge on any atom is 0.325 e. The number of rotatable bonds is 9. The fourth-order valence-corrected chi connectivity index (χ4v) is 5.07. The summed E-state index contributed by atoms with van der Waals surface area (Å²) in [6, 6.07) is 8.74. The lowest BCUT2D eigenvalue weighted by atomic mass is 10.0. The average molecular weight is 637 g/mol. The van der Waals surface area contributed by atoms with Crippen LogP contribution in [0.4, 0.5) is 14.9 Å². The minimum absolute atomic E-state index is 0.00659. The van der Waals surface area contributed by atoms with Crippen molar-refractivity contribution in [2.75, 3.05) is 51.7 Å². The van der Waals surface area contributed by atoms with Crippen LogP contribution in [-0.2, 0) is 9.59 Å². The maximum absolute atomic E-state index is 14.3. The summed E-state index contributed by atoms with van der Waals surface area (Å²) in [7, 11) is 2.12. The van der Waals surface area contributed by atoms with Crippen LogP contribution in [-0.4, -0.2) is 85.0 Å². The van der Waals surface area contributed by atoms with Crippen LogP contribution < -0.4 is 15.4 Å². The van der Waals surface area contributed by atoms with E-state index in [9.17, 15) is 18.8 Å². The van der Waals surface area contributed by atoms with Gasteiger partial charge < -0.3 is 20.3 Å². The van der Waals surface area contributed by atoms with Crippen molar-refractivity contribution < 1.29 is 23.5 Å². The van der Waals surface area contributed by atoms with Crippen LogP contribution in [0, 0.1) is 15.3 Å². The van der Waals surface area contributed by atoms with E-state index in [-0.39, 0.29) is 5.69 Å². The lowest BCUT2D eigenvalue weighted by Gasteiger charge is -2.32. The molecule has 0 spiro atoms. The van der Waals surface area contributed by atoms with Gasteiger partial charge in [-0.1, -0.05) is 26.0 Å². The number of urea groups is 1. The highest BCUT2D eigenvalue weighted by Crippen LogP contribution is 2.28. The Labute approximate surface area is 235 Å². The van der Waals surface area contributed by atoms with E-state index in [0.717, 1.165) is 37.6 Å². The SMILES string of the molecule is CC(C)[C@@H](C(=O)Nc1ccc(I)cc1F)N1C(=O)N[C@H](c2ccc(OCCN3CCN(C)CC3)cc2)C1=O. The molecule has 0 saturated carbocycles. The Morgan fingerprint density at radius 3 is 2.45 bits per heavy atom.